The predicted molar refractivity (Wildman–Crippen MR) is 67.3 cm³/mol. The van der Waals surface area contributed by atoms with Crippen molar-refractivity contribution in [3.05, 3.63) is 0 Å². The Morgan fingerprint density at radius 3 is 2.12 bits per heavy atom. The molecule has 1 aliphatic heterocycles. The van der Waals surface area contributed by atoms with E-state index in [-0.39, 0.29) is 11.0 Å². The average Bonchev–Trinajstić information content (AvgIpc) is 2.29. The monoisotopic (exact) mass is 240 g/mol. The molecule has 98 valence electrons. The molecule has 1 N–H and O–H groups in total. The molecule has 1 fully saturated rings. The summed E-state index contributed by atoms with van der Waals surface area (Å²) in [6.07, 6.45) is 3.06. The fourth-order valence-electron chi connectivity index (χ4n) is 1.59. The number of hydrogen-bond donors (Lipinski definition) is 1. The summed E-state index contributed by atoms with van der Waals surface area (Å²) in [6.45, 7) is 10.1. The summed E-state index contributed by atoms with van der Waals surface area (Å²) in [5.74, 6) is 0. The smallest absolute Gasteiger partial charge is 0.293 e. The van der Waals surface area contributed by atoms with Crippen LogP contribution in [0.2, 0.25) is 0 Å². The second kappa shape index (κ2) is 7.29. The number of nitrogens with one attached hydrogen (secondary N) is 1. The topological polar surface area (TPSA) is 62.1 Å². The van der Waals surface area contributed by atoms with E-state index in [1.54, 1.807) is 0 Å². The van der Waals surface area contributed by atoms with Gasteiger partial charge in [0.2, 0.25) is 0 Å². The van der Waals surface area contributed by atoms with Gasteiger partial charge in [-0.25, -0.2) is 0 Å². The van der Waals surface area contributed by atoms with Gasteiger partial charge in [0.05, 0.1) is 11.5 Å². The van der Waals surface area contributed by atoms with Crippen LogP contribution in [0.5, 0.6) is 0 Å². The van der Waals surface area contributed by atoms with Crippen molar-refractivity contribution in [1.82, 2.24) is 5.32 Å². The zero-order chi connectivity index (χ0) is 13.4. The molecular formula is C13H24N2O2. The summed E-state index contributed by atoms with van der Waals surface area (Å²) in [5, 5.41) is 12.1. The second-order valence-electron chi connectivity index (χ2n) is 5.32. The first-order chi connectivity index (χ1) is 7.89. The molecule has 0 bridgehead atoms. The molecule has 4 nitrogen and oxygen atoms in total. The summed E-state index contributed by atoms with van der Waals surface area (Å²) in [5.41, 5.74) is -0.312. The zero-order valence-corrected chi connectivity index (χ0v) is 11.4. The van der Waals surface area contributed by atoms with Crippen LogP contribution in [0.3, 0.4) is 0 Å². The molecule has 0 saturated carbocycles. The Kier molecular flexibility index (Phi) is 6.82. The highest BCUT2D eigenvalue weighted by Gasteiger charge is 2.29. The van der Waals surface area contributed by atoms with Crippen LogP contribution in [-0.2, 0) is 9.53 Å². The van der Waals surface area contributed by atoms with Gasteiger partial charge in [-0.15, -0.1) is 0 Å². The molecule has 1 heterocycles. The van der Waals surface area contributed by atoms with Crippen molar-refractivity contribution in [1.29, 1.82) is 5.26 Å². The molecular weight excluding hydrogens is 216 g/mol. The Labute approximate surface area is 104 Å². The maximum absolute atomic E-state index is 9.60. The van der Waals surface area contributed by atoms with Gasteiger partial charge in [0.15, 0.2) is 0 Å². The van der Waals surface area contributed by atoms with Gasteiger partial charge in [-0.3, -0.25) is 4.79 Å². The maximum Gasteiger partial charge on any atom is 0.293 e. The molecule has 0 aliphatic carbocycles. The first kappa shape index (κ1) is 15.9. The van der Waals surface area contributed by atoms with E-state index in [2.05, 4.69) is 23.0 Å². The molecule has 4 heteroatoms. The van der Waals surface area contributed by atoms with Gasteiger partial charge in [0, 0.05) is 0 Å². The molecule has 0 spiro atoms. The average molecular weight is 240 g/mol. The lowest BCUT2D eigenvalue weighted by molar-refractivity contribution is -0.138. The number of hydrogen-bond acceptors (Lipinski definition) is 4. The van der Waals surface area contributed by atoms with E-state index in [1.807, 2.05) is 20.8 Å². The molecule has 0 aromatic carbocycles. The molecule has 0 aromatic rings. The standard InChI is InChI=1S/C8H14N2.C5H10O2/c1-2-8(7-9)3-5-10-6-4-8;1-5(2,3)7-4-6/h10H,2-6H2,1H3;4H,1-3H3. The number of piperidine rings is 1. The summed E-state index contributed by atoms with van der Waals surface area (Å²) in [7, 11) is 0. The van der Waals surface area contributed by atoms with Crippen molar-refractivity contribution in [3.8, 4) is 6.07 Å². The van der Waals surface area contributed by atoms with E-state index in [9.17, 15) is 4.79 Å². The van der Waals surface area contributed by atoms with Gasteiger partial charge in [-0.1, -0.05) is 6.92 Å². The van der Waals surface area contributed by atoms with Crippen LogP contribution in [0.1, 0.15) is 47.0 Å². The minimum atomic E-state index is -0.318. The lowest BCUT2D eigenvalue weighted by Gasteiger charge is -2.29. The van der Waals surface area contributed by atoms with Crippen molar-refractivity contribution in [2.75, 3.05) is 13.1 Å². The minimum absolute atomic E-state index is 0.00521. The third-order valence-corrected chi connectivity index (χ3v) is 2.88. The Morgan fingerprint density at radius 1 is 1.41 bits per heavy atom. The molecule has 0 atom stereocenters. The second-order valence-corrected chi connectivity index (χ2v) is 5.32. The number of nitriles is 1. The van der Waals surface area contributed by atoms with Crippen molar-refractivity contribution in [3.63, 3.8) is 0 Å². The Balaban J connectivity index is 0.000000325. The lowest BCUT2D eigenvalue weighted by Crippen LogP contribution is -2.35. The van der Waals surface area contributed by atoms with Crippen LogP contribution < -0.4 is 5.32 Å². The first-order valence-corrected chi connectivity index (χ1v) is 6.12. The summed E-state index contributed by atoms with van der Waals surface area (Å²) < 4.78 is 4.55. The van der Waals surface area contributed by atoms with Gasteiger partial charge in [-0.05, 0) is 53.1 Å². The van der Waals surface area contributed by atoms with Crippen LogP contribution in [0.4, 0.5) is 0 Å². The zero-order valence-electron chi connectivity index (χ0n) is 11.4. The Bertz CT molecular complexity index is 258. The summed E-state index contributed by atoms with van der Waals surface area (Å²) >= 11 is 0. The third-order valence-electron chi connectivity index (χ3n) is 2.88. The highest BCUT2D eigenvalue weighted by atomic mass is 16.5. The van der Waals surface area contributed by atoms with Crippen LogP contribution >= 0.6 is 0 Å². The molecule has 17 heavy (non-hydrogen) atoms. The third kappa shape index (κ3) is 6.96. The van der Waals surface area contributed by atoms with Crippen molar-refractivity contribution in [2.45, 2.75) is 52.6 Å². The summed E-state index contributed by atoms with van der Waals surface area (Å²) in [6, 6.07) is 2.43. The fraction of sp³-hybridized carbons (Fsp3) is 0.846. The normalized spacial score (nSPS) is 18.3. The van der Waals surface area contributed by atoms with Crippen LogP contribution in [0.25, 0.3) is 0 Å². The van der Waals surface area contributed by atoms with E-state index in [1.165, 1.54) is 0 Å². The van der Waals surface area contributed by atoms with Gasteiger partial charge in [0.25, 0.3) is 6.47 Å². The molecule has 0 radical (unpaired) electrons. The van der Waals surface area contributed by atoms with E-state index < -0.39 is 0 Å². The van der Waals surface area contributed by atoms with Gasteiger partial charge in [-0.2, -0.15) is 5.26 Å². The van der Waals surface area contributed by atoms with Crippen LogP contribution in [0, 0.1) is 16.7 Å². The number of nitrogens with zero attached hydrogens (tertiary/aromatic N) is 1. The highest BCUT2D eigenvalue weighted by Crippen LogP contribution is 2.30. The molecule has 1 rings (SSSR count). The molecule has 1 saturated heterocycles. The highest BCUT2D eigenvalue weighted by molar-refractivity contribution is 5.37. The Morgan fingerprint density at radius 2 is 1.94 bits per heavy atom. The van der Waals surface area contributed by atoms with Gasteiger partial charge >= 0.3 is 0 Å². The predicted octanol–water partition coefficient (Wildman–Crippen LogP) is 2.25. The number of rotatable bonds is 2. The number of ether oxygens (including phenoxy) is 1. The van der Waals surface area contributed by atoms with E-state index in [0.717, 1.165) is 32.4 Å². The number of carbonyl (C=O) groups is 1. The minimum Gasteiger partial charge on any atom is -0.462 e. The summed E-state index contributed by atoms with van der Waals surface area (Å²) in [4.78, 5) is 9.60. The van der Waals surface area contributed by atoms with Crippen LogP contribution in [-0.4, -0.2) is 25.2 Å². The SMILES string of the molecule is CC(C)(C)OC=O.CCC1(C#N)CCNCC1. The Hall–Kier alpha value is -1.08. The van der Waals surface area contributed by atoms with Gasteiger partial charge in [0.1, 0.15) is 5.60 Å². The fourth-order valence-corrected chi connectivity index (χ4v) is 1.59. The molecule has 1 aliphatic rings. The van der Waals surface area contributed by atoms with E-state index in [0.29, 0.717) is 6.47 Å². The van der Waals surface area contributed by atoms with Crippen molar-refractivity contribution < 1.29 is 9.53 Å². The molecule has 0 unspecified atom stereocenters. The largest absolute Gasteiger partial charge is 0.462 e. The van der Waals surface area contributed by atoms with Gasteiger partial charge < -0.3 is 10.1 Å². The van der Waals surface area contributed by atoms with E-state index >= 15 is 0 Å². The quantitative estimate of drug-likeness (QED) is 0.752. The maximum atomic E-state index is 9.60. The van der Waals surface area contributed by atoms with Crippen molar-refractivity contribution in [2.24, 2.45) is 5.41 Å². The van der Waals surface area contributed by atoms with E-state index in [4.69, 9.17) is 5.26 Å². The number of carbonyl (C=O) groups excluding carboxylic acids is 1. The first-order valence-electron chi connectivity index (χ1n) is 6.12. The lowest BCUT2D eigenvalue weighted by atomic mass is 9.78. The molecule has 0 amide bonds. The molecule has 0 aromatic heterocycles. The van der Waals surface area contributed by atoms with Crippen LogP contribution in [0.15, 0.2) is 0 Å². The van der Waals surface area contributed by atoms with Crippen molar-refractivity contribution >= 4 is 6.47 Å².